The van der Waals surface area contributed by atoms with Gasteiger partial charge in [-0.3, -0.25) is 0 Å². The summed E-state index contributed by atoms with van der Waals surface area (Å²) in [6.07, 6.45) is -0.0702. The molecule has 0 aromatic carbocycles. The van der Waals surface area contributed by atoms with Crippen LogP contribution < -0.4 is 5.32 Å². The van der Waals surface area contributed by atoms with E-state index >= 15 is 0 Å². The second kappa shape index (κ2) is 7.24. The number of hydrogen-bond acceptors (Lipinski definition) is 4. The number of carbonyl (C=O) groups excluding carboxylic acids is 2. The molecule has 0 aromatic rings. The highest BCUT2D eigenvalue weighted by atomic mass is 16.6. The van der Waals surface area contributed by atoms with Crippen LogP contribution in [0.4, 0.5) is 4.79 Å². The number of rotatable bonds is 5. The average molecular weight is 259 g/mol. The summed E-state index contributed by atoms with van der Waals surface area (Å²) in [6.45, 7) is 11.3. The van der Waals surface area contributed by atoms with Crippen LogP contribution >= 0.6 is 0 Å². The molecule has 1 amide bonds. The third-order valence-electron chi connectivity index (χ3n) is 1.97. The Labute approximate surface area is 109 Å². The molecule has 0 aliphatic carbocycles. The van der Waals surface area contributed by atoms with Crippen molar-refractivity contribution in [3.05, 3.63) is 0 Å². The molecule has 0 heterocycles. The Kier molecular flexibility index (Phi) is 6.73. The van der Waals surface area contributed by atoms with E-state index in [0.717, 1.165) is 0 Å². The zero-order valence-electron chi connectivity index (χ0n) is 12.2. The van der Waals surface area contributed by atoms with E-state index in [1.165, 1.54) is 0 Å². The van der Waals surface area contributed by atoms with Crippen LogP contribution in [0, 0.1) is 5.92 Å². The van der Waals surface area contributed by atoms with Crippen LogP contribution in [0.5, 0.6) is 0 Å². The molecule has 0 saturated heterocycles. The van der Waals surface area contributed by atoms with E-state index in [0.29, 0.717) is 13.0 Å². The van der Waals surface area contributed by atoms with Gasteiger partial charge in [-0.25, -0.2) is 9.59 Å². The van der Waals surface area contributed by atoms with Crippen LogP contribution in [-0.2, 0) is 14.3 Å². The van der Waals surface area contributed by atoms with E-state index < -0.39 is 23.7 Å². The predicted molar refractivity (Wildman–Crippen MR) is 69.2 cm³/mol. The van der Waals surface area contributed by atoms with Crippen molar-refractivity contribution in [2.45, 2.75) is 59.6 Å². The number of alkyl carbamates (subject to hydrolysis) is 1. The molecule has 0 bridgehead atoms. The van der Waals surface area contributed by atoms with Crippen LogP contribution in [0.2, 0.25) is 0 Å². The number of esters is 1. The molecule has 0 fully saturated rings. The lowest BCUT2D eigenvalue weighted by Gasteiger charge is -2.23. The third kappa shape index (κ3) is 7.92. The molecule has 0 spiro atoms. The fourth-order valence-electron chi connectivity index (χ4n) is 1.38. The molecule has 1 atom stereocenters. The molecule has 0 aliphatic heterocycles. The molecule has 0 rings (SSSR count). The lowest BCUT2D eigenvalue weighted by atomic mass is 10.0. The summed E-state index contributed by atoms with van der Waals surface area (Å²) in [5.74, 6) is -0.147. The van der Waals surface area contributed by atoms with Gasteiger partial charge in [0.2, 0.25) is 0 Å². The Hall–Kier alpha value is -1.26. The highest BCUT2D eigenvalue weighted by Gasteiger charge is 2.25. The van der Waals surface area contributed by atoms with Gasteiger partial charge in [0, 0.05) is 0 Å². The van der Waals surface area contributed by atoms with Gasteiger partial charge in [-0.05, 0) is 40.0 Å². The first-order chi connectivity index (χ1) is 8.15. The first kappa shape index (κ1) is 16.7. The average Bonchev–Trinajstić information content (AvgIpc) is 2.13. The first-order valence-corrected chi connectivity index (χ1v) is 6.31. The maximum atomic E-state index is 11.7. The van der Waals surface area contributed by atoms with Crippen LogP contribution in [0.25, 0.3) is 0 Å². The van der Waals surface area contributed by atoms with Gasteiger partial charge in [-0.1, -0.05) is 13.8 Å². The lowest BCUT2D eigenvalue weighted by molar-refractivity contribution is -0.146. The third-order valence-corrected chi connectivity index (χ3v) is 1.97. The lowest BCUT2D eigenvalue weighted by Crippen LogP contribution is -2.44. The molecule has 0 aliphatic rings. The van der Waals surface area contributed by atoms with Crippen LogP contribution in [0.1, 0.15) is 48.0 Å². The summed E-state index contributed by atoms with van der Waals surface area (Å²) in [5, 5.41) is 2.55. The summed E-state index contributed by atoms with van der Waals surface area (Å²) >= 11 is 0. The molecule has 5 nitrogen and oxygen atoms in total. The van der Waals surface area contributed by atoms with E-state index in [2.05, 4.69) is 5.32 Å². The van der Waals surface area contributed by atoms with Crippen molar-refractivity contribution in [2.75, 3.05) is 6.61 Å². The number of amides is 1. The van der Waals surface area contributed by atoms with E-state index in [4.69, 9.17) is 9.47 Å². The van der Waals surface area contributed by atoms with Crippen molar-refractivity contribution in [2.24, 2.45) is 5.92 Å². The van der Waals surface area contributed by atoms with Crippen molar-refractivity contribution in [3.8, 4) is 0 Å². The van der Waals surface area contributed by atoms with Crippen LogP contribution in [-0.4, -0.2) is 30.3 Å². The Morgan fingerprint density at radius 3 is 2.17 bits per heavy atom. The standard InChI is InChI=1S/C13H25NO4/c1-7-17-11(15)10(8-9(2)3)14-12(16)18-13(4,5)6/h9-10H,7-8H2,1-6H3,(H,14,16)/t10-/m0/s1. The Morgan fingerprint density at radius 1 is 1.22 bits per heavy atom. The SMILES string of the molecule is CCOC(=O)[C@H](CC(C)C)NC(=O)OC(C)(C)C. The summed E-state index contributed by atoms with van der Waals surface area (Å²) in [7, 11) is 0. The Bertz CT molecular complexity index is 281. The van der Waals surface area contributed by atoms with Gasteiger partial charge in [0.25, 0.3) is 0 Å². The molecule has 0 aromatic heterocycles. The van der Waals surface area contributed by atoms with Gasteiger partial charge in [0.05, 0.1) is 6.61 Å². The molecule has 18 heavy (non-hydrogen) atoms. The number of hydrogen-bond donors (Lipinski definition) is 1. The second-order valence-corrected chi connectivity index (χ2v) is 5.58. The summed E-state index contributed by atoms with van der Waals surface area (Å²) < 4.78 is 10.0. The smallest absolute Gasteiger partial charge is 0.408 e. The maximum Gasteiger partial charge on any atom is 0.408 e. The van der Waals surface area contributed by atoms with E-state index in [-0.39, 0.29) is 5.92 Å². The zero-order chi connectivity index (χ0) is 14.3. The van der Waals surface area contributed by atoms with Crippen molar-refractivity contribution in [3.63, 3.8) is 0 Å². The quantitative estimate of drug-likeness (QED) is 0.770. The normalized spacial score (nSPS) is 13.1. The summed E-state index contributed by atoms with van der Waals surface area (Å²) in [5.41, 5.74) is -0.582. The molecule has 1 N–H and O–H groups in total. The fourth-order valence-corrected chi connectivity index (χ4v) is 1.38. The summed E-state index contributed by atoms with van der Waals surface area (Å²) in [6, 6.07) is -0.653. The van der Waals surface area contributed by atoms with Crippen LogP contribution in [0.3, 0.4) is 0 Å². The van der Waals surface area contributed by atoms with Gasteiger partial charge in [-0.15, -0.1) is 0 Å². The van der Waals surface area contributed by atoms with Gasteiger partial charge in [0.1, 0.15) is 11.6 Å². The zero-order valence-corrected chi connectivity index (χ0v) is 12.2. The maximum absolute atomic E-state index is 11.7. The van der Waals surface area contributed by atoms with Gasteiger partial charge >= 0.3 is 12.1 Å². The molecule has 0 saturated carbocycles. The minimum absolute atomic E-state index is 0.273. The second-order valence-electron chi connectivity index (χ2n) is 5.58. The topological polar surface area (TPSA) is 64.6 Å². The molecule has 0 radical (unpaired) electrons. The van der Waals surface area contributed by atoms with Crippen molar-refractivity contribution in [1.82, 2.24) is 5.32 Å². The molecule has 0 unspecified atom stereocenters. The minimum Gasteiger partial charge on any atom is -0.464 e. The monoisotopic (exact) mass is 259 g/mol. The van der Waals surface area contributed by atoms with Crippen LogP contribution in [0.15, 0.2) is 0 Å². The first-order valence-electron chi connectivity index (χ1n) is 6.31. The van der Waals surface area contributed by atoms with Gasteiger partial charge in [-0.2, -0.15) is 0 Å². The fraction of sp³-hybridized carbons (Fsp3) is 0.846. The highest BCUT2D eigenvalue weighted by molar-refractivity contribution is 5.81. The van der Waals surface area contributed by atoms with Gasteiger partial charge < -0.3 is 14.8 Å². The Balaban J connectivity index is 4.49. The van der Waals surface area contributed by atoms with Crippen molar-refractivity contribution < 1.29 is 19.1 Å². The highest BCUT2D eigenvalue weighted by Crippen LogP contribution is 2.10. The molecular weight excluding hydrogens is 234 g/mol. The molecular formula is C13H25NO4. The number of ether oxygens (including phenoxy) is 2. The molecule has 5 heteroatoms. The number of nitrogens with one attached hydrogen (secondary N) is 1. The van der Waals surface area contributed by atoms with Crippen molar-refractivity contribution >= 4 is 12.1 Å². The van der Waals surface area contributed by atoms with E-state index in [1.807, 2.05) is 13.8 Å². The largest absolute Gasteiger partial charge is 0.464 e. The van der Waals surface area contributed by atoms with Gasteiger partial charge in [0.15, 0.2) is 0 Å². The van der Waals surface area contributed by atoms with E-state index in [1.54, 1.807) is 27.7 Å². The van der Waals surface area contributed by atoms with Crippen molar-refractivity contribution in [1.29, 1.82) is 0 Å². The van der Waals surface area contributed by atoms with E-state index in [9.17, 15) is 9.59 Å². The molecule has 106 valence electrons. The number of carbonyl (C=O) groups is 2. The summed E-state index contributed by atoms with van der Waals surface area (Å²) in [4.78, 5) is 23.3. The minimum atomic E-state index is -0.653. The Morgan fingerprint density at radius 2 is 1.78 bits per heavy atom. The predicted octanol–water partition coefficient (Wildman–Crippen LogP) is 2.49.